The first-order chi connectivity index (χ1) is 13.5. The molecule has 2 aromatic carbocycles. The third-order valence-electron chi connectivity index (χ3n) is 5.53. The number of fused-ring (bicyclic) bond motifs is 1. The van der Waals surface area contributed by atoms with E-state index in [0.29, 0.717) is 36.4 Å². The smallest absolute Gasteiger partial charge is 0.258 e. The monoisotopic (exact) mass is 376 g/mol. The van der Waals surface area contributed by atoms with E-state index in [0.717, 1.165) is 29.8 Å². The average Bonchev–Trinajstić information content (AvgIpc) is 2.70. The summed E-state index contributed by atoms with van der Waals surface area (Å²) in [7, 11) is 0. The van der Waals surface area contributed by atoms with Crippen LogP contribution >= 0.6 is 0 Å². The van der Waals surface area contributed by atoms with Gasteiger partial charge in [0, 0.05) is 31.7 Å². The molecular weight excluding hydrogens is 352 g/mol. The molecule has 0 unspecified atom stereocenters. The number of H-pyrrole nitrogens is 1. The molecule has 28 heavy (non-hydrogen) atoms. The highest BCUT2D eigenvalue weighted by Gasteiger charge is 2.23. The van der Waals surface area contributed by atoms with Gasteiger partial charge >= 0.3 is 0 Å². The highest BCUT2D eigenvalue weighted by molar-refractivity contribution is 5.96. The number of para-hydroxylation sites is 1. The molecule has 6 nitrogen and oxygen atoms in total. The molecule has 4 rings (SSSR count). The molecule has 0 saturated carbocycles. The van der Waals surface area contributed by atoms with E-state index >= 15 is 0 Å². The molecule has 0 aliphatic carbocycles. The summed E-state index contributed by atoms with van der Waals surface area (Å²) in [6.45, 7) is 7.46. The van der Waals surface area contributed by atoms with Gasteiger partial charge in [0.1, 0.15) is 5.82 Å². The minimum Gasteiger partial charge on any atom is -0.336 e. The van der Waals surface area contributed by atoms with Crippen LogP contribution in [-0.4, -0.2) is 51.9 Å². The molecular formula is C22H24N4O2. The van der Waals surface area contributed by atoms with E-state index in [-0.39, 0.29) is 11.5 Å². The van der Waals surface area contributed by atoms with Crippen molar-refractivity contribution < 1.29 is 4.79 Å². The number of aryl methyl sites for hydroxylation is 1. The van der Waals surface area contributed by atoms with Crippen LogP contribution in [0, 0.1) is 13.8 Å². The summed E-state index contributed by atoms with van der Waals surface area (Å²) in [5, 5.41) is 0.607. The second-order valence-electron chi connectivity index (χ2n) is 7.35. The van der Waals surface area contributed by atoms with Gasteiger partial charge in [-0.2, -0.15) is 0 Å². The van der Waals surface area contributed by atoms with Crippen molar-refractivity contribution in [3.05, 3.63) is 75.3 Å². The van der Waals surface area contributed by atoms with Crippen LogP contribution in [0.1, 0.15) is 27.3 Å². The molecule has 1 fully saturated rings. The molecule has 1 aliphatic heterocycles. The summed E-state index contributed by atoms with van der Waals surface area (Å²) < 4.78 is 0. The van der Waals surface area contributed by atoms with Gasteiger partial charge in [-0.1, -0.05) is 24.3 Å². The molecule has 0 radical (unpaired) electrons. The number of aromatic amines is 1. The maximum absolute atomic E-state index is 12.9. The highest BCUT2D eigenvalue weighted by atomic mass is 16.2. The van der Waals surface area contributed by atoms with E-state index in [1.165, 1.54) is 0 Å². The van der Waals surface area contributed by atoms with Gasteiger partial charge in [0.2, 0.25) is 0 Å². The number of benzene rings is 2. The van der Waals surface area contributed by atoms with Gasteiger partial charge in [0.15, 0.2) is 0 Å². The predicted octanol–water partition coefficient (Wildman–Crippen LogP) is 2.50. The molecule has 0 spiro atoms. The van der Waals surface area contributed by atoms with Gasteiger partial charge in [0.05, 0.1) is 17.4 Å². The summed E-state index contributed by atoms with van der Waals surface area (Å²) >= 11 is 0. The molecule has 1 N–H and O–H groups in total. The Morgan fingerprint density at radius 3 is 2.57 bits per heavy atom. The third kappa shape index (κ3) is 3.55. The number of hydrogen-bond donors (Lipinski definition) is 1. The minimum absolute atomic E-state index is 0.0955. The lowest BCUT2D eigenvalue weighted by molar-refractivity contribution is 0.0624. The Hall–Kier alpha value is -2.99. The SMILES string of the molecule is Cc1cccc(C(=O)N2CCN(Cc3nc4ccccc4c(=O)[nH]3)CC2)c1C. The minimum atomic E-state index is -0.107. The zero-order valence-corrected chi connectivity index (χ0v) is 16.2. The number of hydrogen-bond acceptors (Lipinski definition) is 4. The predicted molar refractivity (Wildman–Crippen MR) is 109 cm³/mol. The zero-order valence-electron chi connectivity index (χ0n) is 16.2. The van der Waals surface area contributed by atoms with Crippen LogP contribution in [0.25, 0.3) is 10.9 Å². The van der Waals surface area contributed by atoms with E-state index in [9.17, 15) is 9.59 Å². The Morgan fingerprint density at radius 2 is 1.79 bits per heavy atom. The number of piperazine rings is 1. The van der Waals surface area contributed by atoms with E-state index in [1.54, 1.807) is 6.07 Å². The van der Waals surface area contributed by atoms with Crippen LogP contribution in [-0.2, 0) is 6.54 Å². The lowest BCUT2D eigenvalue weighted by Gasteiger charge is -2.34. The molecule has 1 amide bonds. The number of amides is 1. The summed E-state index contributed by atoms with van der Waals surface area (Å²) in [5.41, 5.74) is 3.58. The van der Waals surface area contributed by atoms with Crippen molar-refractivity contribution in [1.82, 2.24) is 19.8 Å². The van der Waals surface area contributed by atoms with Gasteiger partial charge in [-0.05, 0) is 43.2 Å². The topological polar surface area (TPSA) is 69.3 Å². The molecule has 1 aromatic heterocycles. The number of carbonyl (C=O) groups excluding carboxylic acids is 1. The van der Waals surface area contributed by atoms with Gasteiger partial charge in [-0.25, -0.2) is 4.98 Å². The van der Waals surface area contributed by atoms with Crippen molar-refractivity contribution in [2.45, 2.75) is 20.4 Å². The Balaban J connectivity index is 1.43. The maximum atomic E-state index is 12.9. The van der Waals surface area contributed by atoms with Crippen LogP contribution < -0.4 is 5.56 Å². The summed E-state index contributed by atoms with van der Waals surface area (Å²) in [6.07, 6.45) is 0. The lowest BCUT2D eigenvalue weighted by atomic mass is 10.0. The fraction of sp³-hybridized carbons (Fsp3) is 0.318. The van der Waals surface area contributed by atoms with Crippen LogP contribution in [0.5, 0.6) is 0 Å². The van der Waals surface area contributed by atoms with Gasteiger partial charge in [-0.15, -0.1) is 0 Å². The first-order valence-electron chi connectivity index (χ1n) is 9.59. The maximum Gasteiger partial charge on any atom is 0.258 e. The molecule has 0 bridgehead atoms. The van der Waals surface area contributed by atoms with Gasteiger partial charge < -0.3 is 9.88 Å². The van der Waals surface area contributed by atoms with E-state index in [2.05, 4.69) is 14.9 Å². The van der Waals surface area contributed by atoms with Crippen molar-refractivity contribution >= 4 is 16.8 Å². The first-order valence-corrected chi connectivity index (χ1v) is 9.59. The number of carbonyl (C=O) groups is 1. The quantitative estimate of drug-likeness (QED) is 0.763. The highest BCUT2D eigenvalue weighted by Crippen LogP contribution is 2.17. The fourth-order valence-corrected chi connectivity index (χ4v) is 3.68. The molecule has 0 atom stereocenters. The first kappa shape index (κ1) is 18.4. The van der Waals surface area contributed by atoms with Crippen molar-refractivity contribution in [3.63, 3.8) is 0 Å². The summed E-state index contributed by atoms with van der Waals surface area (Å²) in [4.78, 5) is 36.7. The van der Waals surface area contributed by atoms with Crippen LogP contribution in [0.3, 0.4) is 0 Å². The lowest BCUT2D eigenvalue weighted by Crippen LogP contribution is -2.48. The molecule has 1 aliphatic rings. The van der Waals surface area contributed by atoms with Gasteiger partial charge in [0.25, 0.3) is 11.5 Å². The van der Waals surface area contributed by atoms with E-state index in [1.807, 2.05) is 55.1 Å². The number of aromatic nitrogens is 2. The van der Waals surface area contributed by atoms with Crippen LogP contribution in [0.4, 0.5) is 0 Å². The Morgan fingerprint density at radius 1 is 1.04 bits per heavy atom. The Kier molecular flexibility index (Phi) is 4.96. The molecule has 6 heteroatoms. The Bertz CT molecular complexity index is 1080. The molecule has 1 saturated heterocycles. The average molecular weight is 376 g/mol. The largest absolute Gasteiger partial charge is 0.336 e. The summed E-state index contributed by atoms with van der Waals surface area (Å²) in [5.74, 6) is 0.760. The Labute approximate surface area is 163 Å². The number of nitrogens with one attached hydrogen (secondary N) is 1. The van der Waals surface area contributed by atoms with Crippen molar-refractivity contribution in [1.29, 1.82) is 0 Å². The van der Waals surface area contributed by atoms with Crippen LogP contribution in [0.2, 0.25) is 0 Å². The summed E-state index contributed by atoms with van der Waals surface area (Å²) in [6, 6.07) is 13.2. The van der Waals surface area contributed by atoms with E-state index < -0.39 is 0 Å². The van der Waals surface area contributed by atoms with E-state index in [4.69, 9.17) is 0 Å². The number of nitrogens with zero attached hydrogens (tertiary/aromatic N) is 3. The zero-order chi connectivity index (χ0) is 19.7. The van der Waals surface area contributed by atoms with Gasteiger partial charge in [-0.3, -0.25) is 14.5 Å². The van der Waals surface area contributed by atoms with Crippen molar-refractivity contribution in [3.8, 4) is 0 Å². The molecule has 2 heterocycles. The van der Waals surface area contributed by atoms with Crippen molar-refractivity contribution in [2.24, 2.45) is 0 Å². The molecule has 144 valence electrons. The standard InChI is InChI=1S/C22H24N4O2/c1-15-6-5-8-17(16(15)2)22(28)26-12-10-25(11-13-26)14-20-23-19-9-4-3-7-18(19)21(27)24-20/h3-9H,10-14H2,1-2H3,(H,23,24,27). The third-order valence-corrected chi connectivity index (χ3v) is 5.53. The fourth-order valence-electron chi connectivity index (χ4n) is 3.68. The van der Waals surface area contributed by atoms with Crippen molar-refractivity contribution in [2.75, 3.05) is 26.2 Å². The second kappa shape index (κ2) is 7.56. The number of rotatable bonds is 3. The normalized spacial score (nSPS) is 15.1. The molecule has 3 aromatic rings. The van der Waals surface area contributed by atoms with Crippen LogP contribution in [0.15, 0.2) is 47.3 Å². The second-order valence-corrected chi connectivity index (χ2v) is 7.35.